The summed E-state index contributed by atoms with van der Waals surface area (Å²) in [5, 5.41) is 0.0222. The average molecular weight is 246 g/mol. The second kappa shape index (κ2) is 4.15. The van der Waals surface area contributed by atoms with Gasteiger partial charge in [-0.1, -0.05) is 0 Å². The van der Waals surface area contributed by atoms with Crippen molar-refractivity contribution in [3.63, 3.8) is 0 Å². The molecule has 0 saturated heterocycles. The van der Waals surface area contributed by atoms with E-state index in [1.54, 1.807) is 32.4 Å². The Morgan fingerprint density at radius 2 is 2.12 bits per heavy atom. The van der Waals surface area contributed by atoms with Gasteiger partial charge in [-0.25, -0.2) is 18.1 Å². The molecule has 7 heteroatoms. The third-order valence-electron chi connectivity index (χ3n) is 2.28. The summed E-state index contributed by atoms with van der Waals surface area (Å²) in [5.74, 6) is 0.644. The molecule has 1 aromatic rings. The first kappa shape index (κ1) is 13.1. The standard InChI is InChI=1S/C9H18N4O2S/c1-7-11-8(5-13(7)4)16(14,15)12-9(2,3)6-10/h5,12H,6,10H2,1-4H3. The predicted octanol–water partition coefficient (Wildman–Crippen LogP) is -0.256. The van der Waals surface area contributed by atoms with Crippen LogP contribution in [0.2, 0.25) is 0 Å². The Labute approximate surface area is 95.9 Å². The number of sulfonamides is 1. The molecule has 0 atom stereocenters. The zero-order valence-corrected chi connectivity index (χ0v) is 10.8. The predicted molar refractivity (Wildman–Crippen MR) is 61.4 cm³/mol. The number of nitrogens with zero attached hydrogens (tertiary/aromatic N) is 2. The van der Waals surface area contributed by atoms with Crippen LogP contribution in [0.1, 0.15) is 19.7 Å². The maximum atomic E-state index is 11.9. The van der Waals surface area contributed by atoms with Crippen molar-refractivity contribution in [3.05, 3.63) is 12.0 Å². The van der Waals surface area contributed by atoms with Crippen LogP contribution >= 0.6 is 0 Å². The van der Waals surface area contributed by atoms with Crippen LogP contribution in [0.3, 0.4) is 0 Å². The number of hydrogen-bond donors (Lipinski definition) is 2. The van der Waals surface area contributed by atoms with E-state index in [0.29, 0.717) is 5.82 Å². The van der Waals surface area contributed by atoms with Crippen LogP contribution in [-0.4, -0.2) is 30.1 Å². The van der Waals surface area contributed by atoms with Crippen molar-refractivity contribution >= 4 is 10.0 Å². The van der Waals surface area contributed by atoms with E-state index < -0.39 is 15.6 Å². The minimum atomic E-state index is -3.59. The number of aryl methyl sites for hydroxylation is 2. The molecule has 0 aliphatic rings. The number of hydrogen-bond acceptors (Lipinski definition) is 4. The molecule has 0 unspecified atom stereocenters. The van der Waals surface area contributed by atoms with Crippen molar-refractivity contribution in [3.8, 4) is 0 Å². The maximum Gasteiger partial charge on any atom is 0.260 e. The number of aromatic nitrogens is 2. The quantitative estimate of drug-likeness (QED) is 0.766. The van der Waals surface area contributed by atoms with Gasteiger partial charge >= 0.3 is 0 Å². The largest absolute Gasteiger partial charge is 0.337 e. The molecule has 0 aliphatic carbocycles. The first-order chi connectivity index (χ1) is 7.18. The first-order valence-corrected chi connectivity index (χ1v) is 6.40. The highest BCUT2D eigenvalue weighted by atomic mass is 32.2. The molecule has 1 heterocycles. The Morgan fingerprint density at radius 3 is 2.50 bits per heavy atom. The van der Waals surface area contributed by atoms with Crippen molar-refractivity contribution in [1.29, 1.82) is 0 Å². The molecular formula is C9H18N4O2S. The van der Waals surface area contributed by atoms with E-state index in [9.17, 15) is 8.42 Å². The van der Waals surface area contributed by atoms with Gasteiger partial charge in [0.1, 0.15) is 5.82 Å². The number of imidazole rings is 1. The van der Waals surface area contributed by atoms with Gasteiger partial charge in [0.25, 0.3) is 10.0 Å². The van der Waals surface area contributed by atoms with Crippen molar-refractivity contribution in [2.24, 2.45) is 12.8 Å². The highest BCUT2D eigenvalue weighted by Gasteiger charge is 2.26. The fraction of sp³-hybridized carbons (Fsp3) is 0.667. The van der Waals surface area contributed by atoms with Gasteiger partial charge in [-0.15, -0.1) is 0 Å². The molecule has 6 nitrogen and oxygen atoms in total. The van der Waals surface area contributed by atoms with Gasteiger partial charge in [0.15, 0.2) is 5.03 Å². The molecule has 0 saturated carbocycles. The van der Waals surface area contributed by atoms with Crippen LogP contribution in [0, 0.1) is 6.92 Å². The summed E-state index contributed by atoms with van der Waals surface area (Å²) in [4.78, 5) is 3.97. The lowest BCUT2D eigenvalue weighted by Gasteiger charge is -2.22. The summed E-state index contributed by atoms with van der Waals surface area (Å²) in [6, 6.07) is 0. The molecule has 16 heavy (non-hydrogen) atoms. The first-order valence-electron chi connectivity index (χ1n) is 4.92. The molecule has 3 N–H and O–H groups in total. The van der Waals surface area contributed by atoms with Crippen LogP contribution in [0.25, 0.3) is 0 Å². The minimum absolute atomic E-state index is 0.0222. The molecule has 0 fully saturated rings. The molecule has 0 radical (unpaired) electrons. The van der Waals surface area contributed by atoms with E-state index in [4.69, 9.17) is 5.73 Å². The number of nitrogens with one attached hydrogen (secondary N) is 1. The fourth-order valence-electron chi connectivity index (χ4n) is 1.11. The second-order valence-electron chi connectivity index (χ2n) is 4.43. The molecule has 0 amide bonds. The zero-order valence-electron chi connectivity index (χ0n) is 9.98. The highest BCUT2D eigenvalue weighted by Crippen LogP contribution is 2.11. The Morgan fingerprint density at radius 1 is 1.56 bits per heavy atom. The summed E-state index contributed by atoms with van der Waals surface area (Å²) in [6.45, 7) is 5.41. The lowest BCUT2D eigenvalue weighted by molar-refractivity contribution is 0.461. The average Bonchev–Trinajstić information content (AvgIpc) is 2.46. The number of rotatable bonds is 4. The van der Waals surface area contributed by atoms with Gasteiger partial charge in [0.2, 0.25) is 0 Å². The van der Waals surface area contributed by atoms with Gasteiger partial charge in [-0.3, -0.25) is 0 Å². The normalized spacial score (nSPS) is 13.1. The monoisotopic (exact) mass is 246 g/mol. The molecule has 0 bridgehead atoms. The second-order valence-corrected chi connectivity index (χ2v) is 6.06. The number of nitrogens with two attached hydrogens (primary N) is 1. The van der Waals surface area contributed by atoms with Gasteiger partial charge in [-0.2, -0.15) is 0 Å². The van der Waals surface area contributed by atoms with Gasteiger partial charge in [0, 0.05) is 25.3 Å². The molecule has 1 rings (SSSR count). The molecule has 0 aromatic carbocycles. The Balaban J connectivity index is 3.04. The van der Waals surface area contributed by atoms with Crippen molar-refractivity contribution in [2.45, 2.75) is 31.3 Å². The van der Waals surface area contributed by atoms with E-state index in [-0.39, 0.29) is 11.6 Å². The third kappa shape index (κ3) is 2.81. The summed E-state index contributed by atoms with van der Waals surface area (Å²) >= 11 is 0. The Kier molecular flexibility index (Phi) is 3.41. The smallest absolute Gasteiger partial charge is 0.260 e. The zero-order chi connectivity index (χ0) is 12.6. The van der Waals surface area contributed by atoms with Gasteiger partial charge < -0.3 is 10.3 Å². The molecular weight excluding hydrogens is 228 g/mol. The molecule has 0 spiro atoms. The van der Waals surface area contributed by atoms with Gasteiger partial charge in [0.05, 0.1) is 0 Å². The van der Waals surface area contributed by atoms with Crippen molar-refractivity contribution in [2.75, 3.05) is 6.54 Å². The lowest BCUT2D eigenvalue weighted by Crippen LogP contribution is -2.48. The van der Waals surface area contributed by atoms with Crippen molar-refractivity contribution in [1.82, 2.24) is 14.3 Å². The van der Waals surface area contributed by atoms with E-state index >= 15 is 0 Å². The van der Waals surface area contributed by atoms with E-state index in [2.05, 4.69) is 9.71 Å². The lowest BCUT2D eigenvalue weighted by atomic mass is 10.1. The molecule has 1 aromatic heterocycles. The Hall–Kier alpha value is -0.920. The molecule has 92 valence electrons. The van der Waals surface area contributed by atoms with Crippen LogP contribution in [0.4, 0.5) is 0 Å². The fourth-order valence-corrected chi connectivity index (χ4v) is 2.58. The maximum absolute atomic E-state index is 11.9. The highest BCUT2D eigenvalue weighted by molar-refractivity contribution is 7.89. The van der Waals surface area contributed by atoms with Crippen molar-refractivity contribution < 1.29 is 8.42 Å². The minimum Gasteiger partial charge on any atom is -0.337 e. The van der Waals surface area contributed by atoms with Crippen LogP contribution in [-0.2, 0) is 17.1 Å². The summed E-state index contributed by atoms with van der Waals surface area (Å²) in [6.07, 6.45) is 1.48. The molecule has 0 aliphatic heterocycles. The van der Waals surface area contributed by atoms with E-state index in [0.717, 1.165) is 0 Å². The SMILES string of the molecule is Cc1nc(S(=O)(=O)NC(C)(C)CN)cn1C. The van der Waals surface area contributed by atoms with Gasteiger partial charge in [-0.05, 0) is 20.8 Å². The van der Waals surface area contributed by atoms with Crippen LogP contribution < -0.4 is 10.5 Å². The summed E-state index contributed by atoms with van der Waals surface area (Å²) in [7, 11) is -1.85. The third-order valence-corrected chi connectivity index (χ3v) is 3.85. The van der Waals surface area contributed by atoms with Crippen LogP contribution in [0.15, 0.2) is 11.2 Å². The summed E-state index contributed by atoms with van der Waals surface area (Å²) < 4.78 is 28.0. The summed E-state index contributed by atoms with van der Waals surface area (Å²) in [5.41, 5.74) is 4.80. The van der Waals surface area contributed by atoms with E-state index in [1.807, 2.05) is 0 Å². The van der Waals surface area contributed by atoms with E-state index in [1.165, 1.54) is 6.20 Å². The topological polar surface area (TPSA) is 90.0 Å². The van der Waals surface area contributed by atoms with Crippen LogP contribution in [0.5, 0.6) is 0 Å². The Bertz CT molecular complexity index is 456.